The van der Waals surface area contributed by atoms with Crippen molar-refractivity contribution in [1.82, 2.24) is 0 Å². The molecule has 2 N–H and O–H groups in total. The van der Waals surface area contributed by atoms with Crippen molar-refractivity contribution < 1.29 is 19.8 Å². The normalized spacial score (nSPS) is 13.5. The Kier molecular flexibility index (Phi) is 15.7. The van der Waals surface area contributed by atoms with E-state index in [1.807, 2.05) is 6.92 Å². The van der Waals surface area contributed by atoms with Crippen LogP contribution in [-0.2, 0) is 9.59 Å². The Morgan fingerprint density at radius 2 is 1.16 bits per heavy atom. The molecule has 0 rings (SSSR count). The summed E-state index contributed by atoms with van der Waals surface area (Å²) in [6.07, 6.45) is 16.7. The predicted molar refractivity (Wildman–Crippen MR) is 103 cm³/mol. The van der Waals surface area contributed by atoms with Crippen LogP contribution in [0.25, 0.3) is 0 Å². The molecule has 0 aromatic carbocycles. The summed E-state index contributed by atoms with van der Waals surface area (Å²) in [5.74, 6) is -2.24. The molecule has 4 nitrogen and oxygen atoms in total. The standard InChI is InChI=1S/C21H40O4/c1-3-4-5-6-7-8-9-10-11-12-13-14-15-18(2)19(21(24)25)16-17-20(22)23/h18-19H,3-17H2,1-2H3,(H,22,23)(H,24,25). The molecule has 148 valence electrons. The topological polar surface area (TPSA) is 74.6 Å². The van der Waals surface area contributed by atoms with Crippen molar-refractivity contribution in [3.63, 3.8) is 0 Å². The minimum atomic E-state index is -0.913. The van der Waals surface area contributed by atoms with Crippen LogP contribution in [0.5, 0.6) is 0 Å². The maximum Gasteiger partial charge on any atom is 0.306 e. The van der Waals surface area contributed by atoms with Crippen LogP contribution in [-0.4, -0.2) is 22.2 Å². The molecule has 0 aromatic heterocycles. The molecule has 0 saturated carbocycles. The van der Waals surface area contributed by atoms with Crippen molar-refractivity contribution in [3.05, 3.63) is 0 Å². The molecule has 0 aromatic rings. The Labute approximate surface area is 154 Å². The number of aliphatic carboxylic acids is 2. The van der Waals surface area contributed by atoms with Crippen LogP contribution in [0.4, 0.5) is 0 Å². The third-order valence-electron chi connectivity index (χ3n) is 5.19. The van der Waals surface area contributed by atoms with Crippen LogP contribution in [0.15, 0.2) is 0 Å². The zero-order chi connectivity index (χ0) is 18.9. The van der Waals surface area contributed by atoms with E-state index in [2.05, 4.69) is 6.92 Å². The van der Waals surface area contributed by atoms with E-state index in [1.54, 1.807) is 0 Å². The molecule has 0 radical (unpaired) electrons. The zero-order valence-electron chi connectivity index (χ0n) is 16.5. The van der Waals surface area contributed by atoms with Gasteiger partial charge in [-0.15, -0.1) is 0 Å². The first-order valence-electron chi connectivity index (χ1n) is 10.4. The van der Waals surface area contributed by atoms with Crippen molar-refractivity contribution in [3.8, 4) is 0 Å². The molecule has 2 unspecified atom stereocenters. The Hall–Kier alpha value is -1.06. The summed E-state index contributed by atoms with van der Waals surface area (Å²) >= 11 is 0. The van der Waals surface area contributed by atoms with E-state index in [-0.39, 0.29) is 18.8 Å². The molecule has 0 amide bonds. The third-order valence-corrected chi connectivity index (χ3v) is 5.19. The summed E-state index contributed by atoms with van der Waals surface area (Å²) in [6, 6.07) is 0. The Bertz CT molecular complexity index is 341. The smallest absolute Gasteiger partial charge is 0.306 e. The monoisotopic (exact) mass is 356 g/mol. The van der Waals surface area contributed by atoms with Crippen molar-refractivity contribution >= 4 is 11.9 Å². The quantitative estimate of drug-likeness (QED) is 0.283. The first-order chi connectivity index (χ1) is 12.0. The number of unbranched alkanes of at least 4 members (excludes halogenated alkanes) is 11. The van der Waals surface area contributed by atoms with Gasteiger partial charge in [0.05, 0.1) is 5.92 Å². The summed E-state index contributed by atoms with van der Waals surface area (Å²) < 4.78 is 0. The van der Waals surface area contributed by atoms with E-state index in [0.29, 0.717) is 0 Å². The second-order valence-electron chi connectivity index (χ2n) is 7.53. The van der Waals surface area contributed by atoms with Crippen LogP contribution in [0.1, 0.15) is 110 Å². The second-order valence-corrected chi connectivity index (χ2v) is 7.53. The predicted octanol–water partition coefficient (Wildman–Crippen LogP) is 6.28. The number of carboxylic acid groups (broad SMARTS) is 2. The Morgan fingerprint density at radius 1 is 0.720 bits per heavy atom. The molecule has 0 aliphatic carbocycles. The average Bonchev–Trinajstić information content (AvgIpc) is 2.55. The fourth-order valence-corrected chi connectivity index (χ4v) is 3.44. The zero-order valence-corrected chi connectivity index (χ0v) is 16.5. The second kappa shape index (κ2) is 16.4. The van der Waals surface area contributed by atoms with Gasteiger partial charge in [0.25, 0.3) is 0 Å². The Morgan fingerprint density at radius 3 is 1.56 bits per heavy atom. The van der Waals surface area contributed by atoms with Crippen LogP contribution in [0, 0.1) is 11.8 Å². The highest BCUT2D eigenvalue weighted by molar-refractivity contribution is 5.72. The van der Waals surface area contributed by atoms with Crippen molar-refractivity contribution in [2.24, 2.45) is 11.8 Å². The first kappa shape index (κ1) is 23.9. The van der Waals surface area contributed by atoms with Gasteiger partial charge in [0.1, 0.15) is 0 Å². The molecule has 0 bridgehead atoms. The minimum absolute atomic E-state index is 0.0555. The lowest BCUT2D eigenvalue weighted by molar-refractivity contribution is -0.144. The fourth-order valence-electron chi connectivity index (χ4n) is 3.44. The maximum atomic E-state index is 11.3. The lowest BCUT2D eigenvalue weighted by Crippen LogP contribution is -2.22. The first-order valence-corrected chi connectivity index (χ1v) is 10.4. The number of carbonyl (C=O) groups is 2. The SMILES string of the molecule is CCCCCCCCCCCCCCC(C)C(CCC(=O)O)C(=O)O. The minimum Gasteiger partial charge on any atom is -0.481 e. The summed E-state index contributed by atoms with van der Waals surface area (Å²) in [6.45, 7) is 4.19. The van der Waals surface area contributed by atoms with Crippen molar-refractivity contribution in [2.75, 3.05) is 0 Å². The Balaban J connectivity index is 3.56. The van der Waals surface area contributed by atoms with Crippen molar-refractivity contribution in [2.45, 2.75) is 110 Å². The van der Waals surface area contributed by atoms with Gasteiger partial charge in [-0.2, -0.15) is 0 Å². The molecule has 0 saturated heterocycles. The third kappa shape index (κ3) is 14.9. The van der Waals surface area contributed by atoms with Crippen LogP contribution in [0.3, 0.4) is 0 Å². The number of carboxylic acids is 2. The molecule has 0 spiro atoms. The van der Waals surface area contributed by atoms with Gasteiger partial charge >= 0.3 is 11.9 Å². The molecule has 25 heavy (non-hydrogen) atoms. The van der Waals surface area contributed by atoms with Gasteiger partial charge in [-0.1, -0.05) is 90.9 Å². The van der Waals surface area contributed by atoms with Gasteiger partial charge < -0.3 is 10.2 Å². The lowest BCUT2D eigenvalue weighted by atomic mass is 9.86. The van der Waals surface area contributed by atoms with E-state index >= 15 is 0 Å². The molecule has 2 atom stereocenters. The van der Waals surface area contributed by atoms with Crippen LogP contribution in [0.2, 0.25) is 0 Å². The van der Waals surface area contributed by atoms with Crippen molar-refractivity contribution in [1.29, 1.82) is 0 Å². The molecule has 4 heteroatoms. The summed E-state index contributed by atoms with van der Waals surface area (Å²) in [4.78, 5) is 21.9. The van der Waals surface area contributed by atoms with E-state index < -0.39 is 17.9 Å². The molecule has 0 fully saturated rings. The van der Waals surface area contributed by atoms with E-state index in [9.17, 15) is 14.7 Å². The van der Waals surface area contributed by atoms with E-state index in [0.717, 1.165) is 19.3 Å². The van der Waals surface area contributed by atoms with E-state index in [1.165, 1.54) is 64.2 Å². The number of hydrogen-bond donors (Lipinski definition) is 2. The van der Waals surface area contributed by atoms with Crippen LogP contribution >= 0.6 is 0 Å². The van der Waals surface area contributed by atoms with Gasteiger partial charge in [0.2, 0.25) is 0 Å². The van der Waals surface area contributed by atoms with Gasteiger partial charge in [-0.3, -0.25) is 9.59 Å². The summed E-state index contributed by atoms with van der Waals surface area (Å²) in [5.41, 5.74) is 0. The van der Waals surface area contributed by atoms with Gasteiger partial charge in [-0.05, 0) is 18.8 Å². The molecule has 0 aliphatic rings. The summed E-state index contributed by atoms with van der Waals surface area (Å²) in [5, 5.41) is 18.0. The average molecular weight is 357 g/mol. The largest absolute Gasteiger partial charge is 0.481 e. The molecular weight excluding hydrogens is 316 g/mol. The highest BCUT2D eigenvalue weighted by Gasteiger charge is 2.24. The highest BCUT2D eigenvalue weighted by atomic mass is 16.4. The lowest BCUT2D eigenvalue weighted by Gasteiger charge is -2.19. The number of rotatable bonds is 18. The van der Waals surface area contributed by atoms with Gasteiger partial charge in [-0.25, -0.2) is 0 Å². The van der Waals surface area contributed by atoms with Gasteiger partial charge in [0.15, 0.2) is 0 Å². The highest BCUT2D eigenvalue weighted by Crippen LogP contribution is 2.24. The van der Waals surface area contributed by atoms with E-state index in [4.69, 9.17) is 5.11 Å². The van der Waals surface area contributed by atoms with Crippen LogP contribution < -0.4 is 0 Å². The number of hydrogen-bond acceptors (Lipinski definition) is 2. The van der Waals surface area contributed by atoms with Gasteiger partial charge in [0, 0.05) is 6.42 Å². The fraction of sp³-hybridized carbons (Fsp3) is 0.905. The summed E-state index contributed by atoms with van der Waals surface area (Å²) in [7, 11) is 0. The maximum absolute atomic E-state index is 11.3. The molecular formula is C21H40O4. The molecule has 0 heterocycles. The molecule has 0 aliphatic heterocycles.